The van der Waals surface area contributed by atoms with Crippen LogP contribution in [0.15, 0.2) is 54.6 Å². The van der Waals surface area contributed by atoms with Crippen molar-refractivity contribution in [3.63, 3.8) is 0 Å². The van der Waals surface area contributed by atoms with Crippen molar-refractivity contribution in [2.24, 2.45) is 0 Å². The van der Waals surface area contributed by atoms with Crippen molar-refractivity contribution in [2.75, 3.05) is 5.33 Å². The van der Waals surface area contributed by atoms with Gasteiger partial charge in [-0.15, -0.1) is 0 Å². The Hall–Kier alpha value is -2.14. The van der Waals surface area contributed by atoms with Gasteiger partial charge >= 0.3 is 6.16 Å². The normalized spacial score (nSPS) is 9.85. The molecular weight excluding hydrogens is 324 g/mol. The lowest BCUT2D eigenvalue weighted by molar-refractivity contribution is 0.102. The minimum Gasteiger partial charge on any atom is -0.395 e. The molecule has 102 valence electrons. The summed E-state index contributed by atoms with van der Waals surface area (Å²) in [6.07, 6.45) is -0.823. The first-order valence-corrected chi connectivity index (χ1v) is 6.95. The average Bonchev–Trinajstić information content (AvgIpc) is 2.48. The molecule has 0 amide bonds. The van der Waals surface area contributed by atoms with Crippen LogP contribution in [-0.4, -0.2) is 17.3 Å². The predicted molar refractivity (Wildman–Crippen MR) is 77.7 cm³/mol. The zero-order valence-corrected chi connectivity index (χ0v) is 12.0. The van der Waals surface area contributed by atoms with Crippen molar-refractivity contribution >= 4 is 27.9 Å². The molecule has 0 spiro atoms. The molecule has 0 fully saturated rings. The number of alkyl halides is 1. The largest absolute Gasteiger partial charge is 0.519 e. The van der Waals surface area contributed by atoms with Gasteiger partial charge in [0.15, 0.2) is 5.78 Å². The molecule has 2 aromatic carbocycles. The number of ether oxygens (including phenoxy) is 2. The summed E-state index contributed by atoms with van der Waals surface area (Å²) in [6.45, 7) is 0. The van der Waals surface area contributed by atoms with Crippen molar-refractivity contribution in [3.8, 4) is 11.5 Å². The van der Waals surface area contributed by atoms with E-state index in [-0.39, 0.29) is 11.1 Å². The minimum atomic E-state index is -0.823. The molecule has 20 heavy (non-hydrogen) atoms. The topological polar surface area (TPSA) is 52.6 Å². The third-order valence-electron chi connectivity index (χ3n) is 2.44. The molecule has 2 rings (SSSR count). The van der Waals surface area contributed by atoms with Crippen LogP contribution in [0.2, 0.25) is 0 Å². The number of Topliss-reactive ketones (excluding diaryl/α,β-unsaturated/α-hetero) is 1. The fourth-order valence-corrected chi connectivity index (χ4v) is 1.81. The molecule has 0 heterocycles. The molecule has 0 N–H and O–H groups in total. The number of para-hydroxylation sites is 1. The van der Waals surface area contributed by atoms with Crippen LogP contribution < -0.4 is 9.47 Å². The number of carbonyl (C=O) groups excluding carboxylic acids is 2. The van der Waals surface area contributed by atoms with E-state index in [0.717, 1.165) is 0 Å². The standard InChI is InChI=1S/C15H11BrO4/c16-10-14(17)11-6-8-13(9-7-11)20-15(18)19-12-4-2-1-3-5-12/h1-9H,10H2. The van der Waals surface area contributed by atoms with Gasteiger partial charge in [0.25, 0.3) is 0 Å². The van der Waals surface area contributed by atoms with Gasteiger partial charge in [-0.1, -0.05) is 34.1 Å². The second kappa shape index (κ2) is 6.86. The highest BCUT2D eigenvalue weighted by atomic mass is 79.9. The van der Waals surface area contributed by atoms with E-state index in [0.29, 0.717) is 17.1 Å². The lowest BCUT2D eigenvalue weighted by Crippen LogP contribution is -2.13. The highest BCUT2D eigenvalue weighted by Gasteiger charge is 2.09. The lowest BCUT2D eigenvalue weighted by Gasteiger charge is -2.05. The molecule has 0 saturated heterocycles. The third-order valence-corrected chi connectivity index (χ3v) is 2.95. The Bertz CT molecular complexity index is 593. The molecule has 0 saturated carbocycles. The monoisotopic (exact) mass is 334 g/mol. The average molecular weight is 335 g/mol. The summed E-state index contributed by atoms with van der Waals surface area (Å²) in [5.74, 6) is 0.684. The maximum atomic E-state index is 11.5. The summed E-state index contributed by atoms with van der Waals surface area (Å²) in [7, 11) is 0. The van der Waals surface area contributed by atoms with E-state index in [9.17, 15) is 9.59 Å². The van der Waals surface area contributed by atoms with Gasteiger partial charge in [-0.2, -0.15) is 0 Å². The van der Waals surface area contributed by atoms with Crippen LogP contribution >= 0.6 is 15.9 Å². The van der Waals surface area contributed by atoms with Crippen LogP contribution in [0.3, 0.4) is 0 Å². The minimum absolute atomic E-state index is 0.0385. The van der Waals surface area contributed by atoms with Gasteiger partial charge in [-0.3, -0.25) is 4.79 Å². The zero-order valence-electron chi connectivity index (χ0n) is 10.4. The molecule has 0 aromatic heterocycles. The van der Waals surface area contributed by atoms with E-state index in [1.807, 2.05) is 6.07 Å². The SMILES string of the molecule is O=C(Oc1ccccc1)Oc1ccc(C(=O)CBr)cc1. The Morgan fingerprint density at radius 2 is 1.40 bits per heavy atom. The summed E-state index contributed by atoms with van der Waals surface area (Å²) in [5.41, 5.74) is 0.547. The van der Waals surface area contributed by atoms with E-state index in [1.165, 1.54) is 0 Å². The molecule has 0 bridgehead atoms. The van der Waals surface area contributed by atoms with Crippen LogP contribution in [0.5, 0.6) is 11.5 Å². The fraction of sp³-hybridized carbons (Fsp3) is 0.0667. The van der Waals surface area contributed by atoms with Gasteiger partial charge in [-0.05, 0) is 36.4 Å². The summed E-state index contributed by atoms with van der Waals surface area (Å²) in [4.78, 5) is 22.9. The first-order chi connectivity index (χ1) is 9.69. The Morgan fingerprint density at radius 1 is 0.850 bits per heavy atom. The number of benzene rings is 2. The number of hydrogen-bond acceptors (Lipinski definition) is 4. The summed E-state index contributed by atoms with van der Waals surface area (Å²) in [5, 5.41) is 0.253. The number of rotatable bonds is 4. The van der Waals surface area contributed by atoms with Crippen molar-refractivity contribution in [1.82, 2.24) is 0 Å². The van der Waals surface area contributed by atoms with Gasteiger partial charge in [-0.25, -0.2) is 4.79 Å². The van der Waals surface area contributed by atoms with Crippen molar-refractivity contribution in [2.45, 2.75) is 0 Å². The van der Waals surface area contributed by atoms with Gasteiger partial charge in [0.1, 0.15) is 11.5 Å². The second-order valence-corrected chi connectivity index (χ2v) is 4.41. The quantitative estimate of drug-likeness (QED) is 0.369. The second-order valence-electron chi connectivity index (χ2n) is 3.85. The summed E-state index contributed by atoms with van der Waals surface area (Å²) < 4.78 is 9.98. The summed E-state index contributed by atoms with van der Waals surface area (Å²) >= 11 is 3.09. The Balaban J connectivity index is 1.96. The molecule has 0 aliphatic rings. The highest BCUT2D eigenvalue weighted by molar-refractivity contribution is 9.09. The van der Waals surface area contributed by atoms with Crippen molar-refractivity contribution in [3.05, 3.63) is 60.2 Å². The first-order valence-electron chi connectivity index (χ1n) is 5.83. The molecule has 0 atom stereocenters. The molecule has 5 heteroatoms. The van der Waals surface area contributed by atoms with Gasteiger partial charge in [0.2, 0.25) is 0 Å². The van der Waals surface area contributed by atoms with E-state index in [1.54, 1.807) is 48.5 Å². The molecule has 4 nitrogen and oxygen atoms in total. The van der Waals surface area contributed by atoms with Crippen LogP contribution in [0, 0.1) is 0 Å². The molecule has 0 unspecified atom stereocenters. The number of ketones is 1. The van der Waals surface area contributed by atoms with Crippen LogP contribution in [0.1, 0.15) is 10.4 Å². The highest BCUT2D eigenvalue weighted by Crippen LogP contribution is 2.15. The molecular formula is C15H11BrO4. The van der Waals surface area contributed by atoms with Crippen LogP contribution in [0.4, 0.5) is 4.79 Å². The fourth-order valence-electron chi connectivity index (χ4n) is 1.49. The van der Waals surface area contributed by atoms with Gasteiger partial charge < -0.3 is 9.47 Å². The molecule has 2 aromatic rings. The Kier molecular flexibility index (Phi) is 4.90. The molecule has 0 aliphatic heterocycles. The van der Waals surface area contributed by atoms with Crippen molar-refractivity contribution < 1.29 is 19.1 Å². The van der Waals surface area contributed by atoms with E-state index < -0.39 is 6.16 Å². The van der Waals surface area contributed by atoms with Crippen LogP contribution in [-0.2, 0) is 0 Å². The Morgan fingerprint density at radius 3 is 1.95 bits per heavy atom. The van der Waals surface area contributed by atoms with E-state index in [2.05, 4.69) is 15.9 Å². The predicted octanol–water partition coefficient (Wildman–Crippen LogP) is 3.84. The maximum Gasteiger partial charge on any atom is 0.519 e. The van der Waals surface area contributed by atoms with E-state index >= 15 is 0 Å². The number of carbonyl (C=O) groups is 2. The van der Waals surface area contributed by atoms with Gasteiger partial charge in [0, 0.05) is 5.56 Å². The molecule has 0 radical (unpaired) electrons. The molecule has 0 aliphatic carbocycles. The number of halogens is 1. The third kappa shape index (κ3) is 3.93. The lowest BCUT2D eigenvalue weighted by atomic mass is 10.1. The maximum absolute atomic E-state index is 11.5. The van der Waals surface area contributed by atoms with Crippen molar-refractivity contribution in [1.29, 1.82) is 0 Å². The van der Waals surface area contributed by atoms with Crippen LogP contribution in [0.25, 0.3) is 0 Å². The first kappa shape index (κ1) is 14.3. The zero-order chi connectivity index (χ0) is 14.4. The summed E-state index contributed by atoms with van der Waals surface area (Å²) in [6, 6.07) is 14.9. The van der Waals surface area contributed by atoms with E-state index in [4.69, 9.17) is 9.47 Å². The smallest absolute Gasteiger partial charge is 0.395 e. The number of hydrogen-bond donors (Lipinski definition) is 0. The Labute approximate surface area is 124 Å². The van der Waals surface area contributed by atoms with Gasteiger partial charge in [0.05, 0.1) is 5.33 Å².